The average molecular weight is 479 g/mol. The van der Waals surface area contributed by atoms with Gasteiger partial charge in [-0.25, -0.2) is 4.79 Å². The largest absolute Gasteiger partial charge is 0.481 e. The zero-order valence-corrected chi connectivity index (χ0v) is 19.5. The van der Waals surface area contributed by atoms with Crippen LogP contribution in [0.1, 0.15) is 40.0 Å². The number of carbonyl (C=O) groups excluding carboxylic acids is 3. The van der Waals surface area contributed by atoms with Crippen LogP contribution in [0.4, 0.5) is 0 Å². The highest BCUT2D eigenvalue weighted by Gasteiger charge is 2.32. The summed E-state index contributed by atoms with van der Waals surface area (Å²) in [6.45, 7) is 4.58. The quantitative estimate of drug-likeness (QED) is 0.145. The monoisotopic (exact) mass is 478 g/mol. The molecule has 8 N–H and O–H groups in total. The molecule has 0 aromatic rings. The lowest BCUT2D eigenvalue weighted by atomic mass is 10.0. The lowest BCUT2D eigenvalue weighted by molar-refractivity contribution is -0.143. The predicted molar refractivity (Wildman–Crippen MR) is 118 cm³/mol. The van der Waals surface area contributed by atoms with Gasteiger partial charge in [-0.15, -0.1) is 0 Å². The Labute approximate surface area is 191 Å². The molecule has 5 unspecified atom stereocenters. The number of rotatable bonds is 15. The first kappa shape index (κ1) is 29.6. The van der Waals surface area contributed by atoms with Crippen molar-refractivity contribution in [2.24, 2.45) is 11.7 Å². The molecule has 0 fully saturated rings. The molecule has 0 radical (unpaired) electrons. The van der Waals surface area contributed by atoms with Crippen molar-refractivity contribution in [3.8, 4) is 0 Å². The summed E-state index contributed by atoms with van der Waals surface area (Å²) in [5.41, 5.74) is 5.58. The van der Waals surface area contributed by atoms with Crippen LogP contribution in [-0.2, 0) is 24.0 Å². The second kappa shape index (κ2) is 14.6. The molecule has 13 heteroatoms. The van der Waals surface area contributed by atoms with E-state index in [0.29, 0.717) is 5.75 Å². The Kier molecular flexibility index (Phi) is 13.5. The van der Waals surface area contributed by atoms with Crippen LogP contribution in [0.5, 0.6) is 0 Å². The van der Waals surface area contributed by atoms with Gasteiger partial charge in [-0.1, -0.05) is 13.8 Å². The molecule has 0 aliphatic carbocycles. The molecule has 3 amide bonds. The van der Waals surface area contributed by atoms with Gasteiger partial charge in [-0.2, -0.15) is 11.8 Å². The molecule has 0 saturated carbocycles. The van der Waals surface area contributed by atoms with Crippen molar-refractivity contribution in [2.45, 2.75) is 70.3 Å². The van der Waals surface area contributed by atoms with Crippen molar-refractivity contribution in [2.75, 3.05) is 12.0 Å². The van der Waals surface area contributed by atoms with E-state index in [9.17, 15) is 34.2 Å². The third-order valence-corrected chi connectivity index (χ3v) is 5.22. The van der Waals surface area contributed by atoms with E-state index in [2.05, 4.69) is 16.0 Å². The molecular weight excluding hydrogens is 444 g/mol. The van der Waals surface area contributed by atoms with Crippen LogP contribution in [0.15, 0.2) is 0 Å². The van der Waals surface area contributed by atoms with E-state index in [0.717, 1.165) is 0 Å². The molecule has 12 nitrogen and oxygen atoms in total. The zero-order valence-electron chi connectivity index (χ0n) is 18.7. The van der Waals surface area contributed by atoms with Crippen LogP contribution in [0, 0.1) is 5.92 Å². The summed E-state index contributed by atoms with van der Waals surface area (Å²) in [4.78, 5) is 60.0. The number of carbonyl (C=O) groups is 5. The summed E-state index contributed by atoms with van der Waals surface area (Å²) >= 11 is 1.39. The van der Waals surface area contributed by atoms with Gasteiger partial charge in [0, 0.05) is 6.42 Å². The number of hydrogen-bond acceptors (Lipinski definition) is 8. The standard InChI is InChI=1S/C19H34N4O8S/c1-9(2)15(23-17(28)14(20)10(3)24)18(29)21-11(5-6-13(25)26)16(27)22-12(19(30)31)7-8-32-4/h9-12,14-15,24H,5-8,20H2,1-4H3,(H,21,29)(H,22,27)(H,23,28)(H,25,26)(H,30,31). The van der Waals surface area contributed by atoms with Gasteiger partial charge in [0.1, 0.15) is 24.2 Å². The number of aliphatic hydroxyl groups is 1. The summed E-state index contributed by atoms with van der Waals surface area (Å²) in [5, 5.41) is 34.9. The molecule has 0 heterocycles. The van der Waals surface area contributed by atoms with Crippen molar-refractivity contribution in [3.63, 3.8) is 0 Å². The summed E-state index contributed by atoms with van der Waals surface area (Å²) in [6.07, 6.45) is 0.0268. The molecule has 0 rings (SSSR count). The predicted octanol–water partition coefficient (Wildman–Crippen LogP) is -1.49. The van der Waals surface area contributed by atoms with Crippen LogP contribution in [0.3, 0.4) is 0 Å². The second-order valence-corrected chi connectivity index (χ2v) is 8.66. The minimum atomic E-state index is -1.33. The Balaban J connectivity index is 5.47. The maximum absolute atomic E-state index is 12.8. The summed E-state index contributed by atoms with van der Waals surface area (Å²) in [6, 6.07) is -4.94. The number of nitrogens with two attached hydrogens (primary N) is 1. The van der Waals surface area contributed by atoms with E-state index >= 15 is 0 Å². The number of amides is 3. The van der Waals surface area contributed by atoms with Crippen molar-refractivity contribution in [1.82, 2.24) is 16.0 Å². The van der Waals surface area contributed by atoms with Gasteiger partial charge in [-0.3, -0.25) is 19.2 Å². The Hall–Kier alpha value is -2.38. The summed E-state index contributed by atoms with van der Waals surface area (Å²) in [7, 11) is 0. The summed E-state index contributed by atoms with van der Waals surface area (Å²) in [5.74, 6) is -4.81. The lowest BCUT2D eigenvalue weighted by Crippen LogP contribution is -2.59. The third kappa shape index (κ3) is 10.8. The maximum Gasteiger partial charge on any atom is 0.326 e. The molecule has 0 aromatic heterocycles. The number of thioether (sulfide) groups is 1. The maximum atomic E-state index is 12.8. The highest BCUT2D eigenvalue weighted by molar-refractivity contribution is 7.98. The van der Waals surface area contributed by atoms with Gasteiger partial charge < -0.3 is 37.0 Å². The highest BCUT2D eigenvalue weighted by Crippen LogP contribution is 2.07. The Morgan fingerprint density at radius 2 is 1.44 bits per heavy atom. The van der Waals surface area contributed by atoms with Gasteiger partial charge in [0.2, 0.25) is 17.7 Å². The normalized spacial score (nSPS) is 15.7. The van der Waals surface area contributed by atoms with Crippen LogP contribution in [0.2, 0.25) is 0 Å². The molecule has 5 atom stereocenters. The SMILES string of the molecule is CSCCC(NC(=O)C(CCC(=O)O)NC(=O)C(NC(=O)C(N)C(C)O)C(C)C)C(=O)O. The number of hydrogen-bond donors (Lipinski definition) is 7. The molecular formula is C19H34N4O8S. The Morgan fingerprint density at radius 1 is 0.875 bits per heavy atom. The minimum Gasteiger partial charge on any atom is -0.481 e. The van der Waals surface area contributed by atoms with Crippen LogP contribution in [0.25, 0.3) is 0 Å². The van der Waals surface area contributed by atoms with Crippen molar-refractivity contribution >= 4 is 41.4 Å². The molecule has 0 saturated heterocycles. The molecule has 0 spiro atoms. The topological polar surface area (TPSA) is 208 Å². The molecule has 0 aliphatic rings. The van der Waals surface area contributed by atoms with Gasteiger partial charge in [-0.05, 0) is 37.7 Å². The number of aliphatic carboxylic acids is 2. The molecule has 32 heavy (non-hydrogen) atoms. The van der Waals surface area contributed by atoms with Crippen molar-refractivity contribution < 1.29 is 39.3 Å². The van der Waals surface area contributed by atoms with E-state index in [1.807, 2.05) is 0 Å². The van der Waals surface area contributed by atoms with E-state index < -0.39 is 72.3 Å². The fourth-order valence-corrected chi connectivity index (χ4v) is 3.04. The highest BCUT2D eigenvalue weighted by atomic mass is 32.2. The van der Waals surface area contributed by atoms with Gasteiger partial charge >= 0.3 is 11.9 Å². The van der Waals surface area contributed by atoms with Gasteiger partial charge in [0.25, 0.3) is 0 Å². The van der Waals surface area contributed by atoms with E-state index in [1.54, 1.807) is 20.1 Å². The first-order chi connectivity index (χ1) is 14.8. The number of nitrogens with one attached hydrogen (secondary N) is 3. The van der Waals surface area contributed by atoms with E-state index in [4.69, 9.17) is 10.8 Å². The Morgan fingerprint density at radius 3 is 1.88 bits per heavy atom. The number of carboxylic acids is 2. The summed E-state index contributed by atoms with van der Waals surface area (Å²) < 4.78 is 0. The molecule has 0 bridgehead atoms. The second-order valence-electron chi connectivity index (χ2n) is 7.67. The first-order valence-corrected chi connectivity index (χ1v) is 11.5. The Bertz CT molecular complexity index is 674. The fraction of sp³-hybridized carbons (Fsp3) is 0.737. The first-order valence-electron chi connectivity index (χ1n) is 10.1. The minimum absolute atomic E-state index is 0.143. The van der Waals surface area contributed by atoms with Crippen LogP contribution >= 0.6 is 11.8 Å². The third-order valence-electron chi connectivity index (χ3n) is 4.57. The zero-order chi connectivity index (χ0) is 25.0. The fourth-order valence-electron chi connectivity index (χ4n) is 2.57. The van der Waals surface area contributed by atoms with Crippen LogP contribution < -0.4 is 21.7 Å². The lowest BCUT2D eigenvalue weighted by Gasteiger charge is -2.27. The van der Waals surface area contributed by atoms with E-state index in [1.165, 1.54) is 18.7 Å². The molecule has 0 aromatic carbocycles. The van der Waals surface area contributed by atoms with Gasteiger partial charge in [0.15, 0.2) is 0 Å². The number of aliphatic hydroxyl groups excluding tert-OH is 1. The number of carboxylic acid groups (broad SMARTS) is 2. The average Bonchev–Trinajstić information content (AvgIpc) is 2.70. The molecule has 184 valence electrons. The van der Waals surface area contributed by atoms with Crippen molar-refractivity contribution in [1.29, 1.82) is 0 Å². The molecule has 0 aliphatic heterocycles. The van der Waals surface area contributed by atoms with Crippen LogP contribution in [-0.4, -0.2) is 87.3 Å². The van der Waals surface area contributed by atoms with Crippen molar-refractivity contribution in [3.05, 3.63) is 0 Å². The smallest absolute Gasteiger partial charge is 0.326 e. The van der Waals surface area contributed by atoms with E-state index in [-0.39, 0.29) is 12.8 Å². The van der Waals surface area contributed by atoms with Gasteiger partial charge in [0.05, 0.1) is 6.10 Å².